The molecule has 0 amide bonds. The number of rotatable bonds is 2. The number of thiophene rings is 1. The second-order valence-corrected chi connectivity index (χ2v) is 11.3. The quantitative estimate of drug-likeness (QED) is 0.207. The van der Waals surface area contributed by atoms with Gasteiger partial charge in [-0.3, -0.25) is 0 Å². The summed E-state index contributed by atoms with van der Waals surface area (Å²) in [6.07, 6.45) is 0. The minimum atomic E-state index is 1.26. The zero-order chi connectivity index (χ0) is 25.2. The van der Waals surface area contributed by atoms with Gasteiger partial charge in [0, 0.05) is 20.2 Å². The molecule has 7 aromatic carbocycles. The Balaban J connectivity index is 1.39. The van der Waals surface area contributed by atoms with E-state index in [1.165, 1.54) is 80.3 Å². The molecular formula is C37H24S. The molecular weight excluding hydrogens is 476 g/mol. The third-order valence-corrected chi connectivity index (χ3v) is 9.04. The number of hydrogen-bond acceptors (Lipinski definition) is 1. The van der Waals surface area contributed by atoms with Crippen LogP contribution in [-0.4, -0.2) is 0 Å². The first kappa shape index (κ1) is 21.6. The first-order valence-corrected chi connectivity index (χ1v) is 13.9. The highest BCUT2D eigenvalue weighted by Gasteiger charge is 2.14. The molecule has 38 heavy (non-hydrogen) atoms. The molecule has 0 radical (unpaired) electrons. The number of aryl methyl sites for hydroxylation is 1. The van der Waals surface area contributed by atoms with Gasteiger partial charge in [0.15, 0.2) is 0 Å². The monoisotopic (exact) mass is 500 g/mol. The Morgan fingerprint density at radius 1 is 0.395 bits per heavy atom. The molecule has 0 saturated carbocycles. The highest BCUT2D eigenvalue weighted by atomic mass is 32.1. The minimum Gasteiger partial charge on any atom is -0.135 e. The molecule has 0 aliphatic carbocycles. The second-order valence-electron chi connectivity index (χ2n) is 10.2. The molecule has 8 aromatic rings. The lowest BCUT2D eigenvalue weighted by molar-refractivity contribution is 1.47. The molecule has 1 aromatic heterocycles. The van der Waals surface area contributed by atoms with Crippen LogP contribution < -0.4 is 0 Å². The van der Waals surface area contributed by atoms with Gasteiger partial charge in [0.05, 0.1) is 0 Å². The SMILES string of the molecule is Cc1cccc(-c2cccc3sc4ccc(-c5ccc6c7ccccc7c7ccccc7c6c5)cc4c23)c1. The van der Waals surface area contributed by atoms with Crippen LogP contribution in [0.2, 0.25) is 0 Å². The molecule has 0 aliphatic rings. The second kappa shape index (κ2) is 8.28. The fraction of sp³-hybridized carbons (Fsp3) is 0.0270. The van der Waals surface area contributed by atoms with Crippen LogP contribution in [0.25, 0.3) is 74.7 Å². The fourth-order valence-electron chi connectivity index (χ4n) is 6.15. The molecule has 0 N–H and O–H groups in total. The van der Waals surface area contributed by atoms with Crippen molar-refractivity contribution in [2.24, 2.45) is 0 Å². The summed E-state index contributed by atoms with van der Waals surface area (Å²) in [5.74, 6) is 0. The summed E-state index contributed by atoms with van der Waals surface area (Å²) >= 11 is 1.88. The molecule has 0 spiro atoms. The molecule has 0 atom stereocenters. The van der Waals surface area contributed by atoms with Crippen LogP contribution in [0.15, 0.2) is 127 Å². The van der Waals surface area contributed by atoms with Crippen molar-refractivity contribution in [1.82, 2.24) is 0 Å². The maximum absolute atomic E-state index is 2.40. The summed E-state index contributed by atoms with van der Waals surface area (Å²) in [5, 5.41) is 10.6. The highest BCUT2D eigenvalue weighted by Crippen LogP contribution is 2.42. The molecule has 0 fully saturated rings. The topological polar surface area (TPSA) is 0 Å². The lowest BCUT2D eigenvalue weighted by Crippen LogP contribution is -1.85. The lowest BCUT2D eigenvalue weighted by Gasteiger charge is -2.12. The molecule has 0 nitrogen and oxygen atoms in total. The van der Waals surface area contributed by atoms with Gasteiger partial charge in [-0.05, 0) is 85.8 Å². The van der Waals surface area contributed by atoms with E-state index >= 15 is 0 Å². The Kier molecular flexibility index (Phi) is 4.71. The van der Waals surface area contributed by atoms with E-state index in [4.69, 9.17) is 0 Å². The predicted molar refractivity (Wildman–Crippen MR) is 167 cm³/mol. The Bertz CT molecular complexity index is 2160. The van der Waals surface area contributed by atoms with Crippen LogP contribution in [0.5, 0.6) is 0 Å². The molecule has 1 heteroatoms. The summed E-state index contributed by atoms with van der Waals surface area (Å²) in [6, 6.07) is 47.1. The fourth-order valence-corrected chi connectivity index (χ4v) is 7.26. The van der Waals surface area contributed by atoms with Gasteiger partial charge in [0.25, 0.3) is 0 Å². The van der Waals surface area contributed by atoms with Crippen LogP contribution in [0.3, 0.4) is 0 Å². The Labute approximate surface area is 225 Å². The molecule has 0 aliphatic heterocycles. The van der Waals surface area contributed by atoms with Crippen molar-refractivity contribution >= 4 is 63.8 Å². The van der Waals surface area contributed by atoms with E-state index in [0.717, 1.165) is 0 Å². The van der Waals surface area contributed by atoms with Crippen molar-refractivity contribution in [2.45, 2.75) is 6.92 Å². The van der Waals surface area contributed by atoms with Crippen molar-refractivity contribution in [3.63, 3.8) is 0 Å². The largest absolute Gasteiger partial charge is 0.135 e. The Hall–Kier alpha value is -4.46. The maximum Gasteiger partial charge on any atom is 0.0361 e. The van der Waals surface area contributed by atoms with Crippen molar-refractivity contribution in [3.8, 4) is 22.3 Å². The predicted octanol–water partition coefficient (Wildman–Crippen LogP) is 11.2. The highest BCUT2D eigenvalue weighted by molar-refractivity contribution is 7.26. The number of benzene rings is 7. The zero-order valence-electron chi connectivity index (χ0n) is 21.0. The van der Waals surface area contributed by atoms with E-state index in [1.54, 1.807) is 0 Å². The van der Waals surface area contributed by atoms with Gasteiger partial charge in [0.1, 0.15) is 0 Å². The van der Waals surface area contributed by atoms with E-state index in [2.05, 4.69) is 134 Å². The average Bonchev–Trinajstić information content (AvgIpc) is 3.35. The Morgan fingerprint density at radius 3 is 1.71 bits per heavy atom. The van der Waals surface area contributed by atoms with Gasteiger partial charge in [-0.15, -0.1) is 11.3 Å². The number of hydrogen-bond donors (Lipinski definition) is 0. The van der Waals surface area contributed by atoms with Crippen molar-refractivity contribution in [2.75, 3.05) is 0 Å². The van der Waals surface area contributed by atoms with E-state index in [9.17, 15) is 0 Å². The lowest BCUT2D eigenvalue weighted by atomic mass is 9.91. The average molecular weight is 501 g/mol. The van der Waals surface area contributed by atoms with Crippen molar-refractivity contribution in [3.05, 3.63) is 133 Å². The summed E-state index contributed by atoms with van der Waals surface area (Å²) < 4.78 is 2.67. The van der Waals surface area contributed by atoms with E-state index in [0.29, 0.717) is 0 Å². The van der Waals surface area contributed by atoms with Crippen molar-refractivity contribution in [1.29, 1.82) is 0 Å². The van der Waals surface area contributed by atoms with Gasteiger partial charge >= 0.3 is 0 Å². The third-order valence-electron chi connectivity index (χ3n) is 7.90. The van der Waals surface area contributed by atoms with E-state index in [-0.39, 0.29) is 0 Å². The van der Waals surface area contributed by atoms with Gasteiger partial charge in [0.2, 0.25) is 0 Å². The first-order chi connectivity index (χ1) is 18.7. The Morgan fingerprint density at radius 2 is 1.00 bits per heavy atom. The van der Waals surface area contributed by atoms with Crippen LogP contribution in [0.4, 0.5) is 0 Å². The number of fused-ring (bicyclic) bond motifs is 9. The van der Waals surface area contributed by atoms with Gasteiger partial charge in [-0.1, -0.05) is 109 Å². The van der Waals surface area contributed by atoms with E-state index < -0.39 is 0 Å². The summed E-state index contributed by atoms with van der Waals surface area (Å²) in [4.78, 5) is 0. The molecule has 0 unspecified atom stereocenters. The van der Waals surface area contributed by atoms with Crippen LogP contribution >= 0.6 is 11.3 Å². The third kappa shape index (κ3) is 3.22. The molecule has 178 valence electrons. The summed E-state index contributed by atoms with van der Waals surface area (Å²) in [5.41, 5.74) is 6.40. The molecule has 8 rings (SSSR count). The van der Waals surface area contributed by atoms with Crippen LogP contribution in [0, 0.1) is 6.92 Å². The van der Waals surface area contributed by atoms with Gasteiger partial charge in [-0.25, -0.2) is 0 Å². The molecule has 0 saturated heterocycles. The molecule has 1 heterocycles. The van der Waals surface area contributed by atoms with Crippen molar-refractivity contribution < 1.29 is 0 Å². The van der Waals surface area contributed by atoms with Crippen LogP contribution in [0.1, 0.15) is 5.56 Å². The minimum absolute atomic E-state index is 1.26. The van der Waals surface area contributed by atoms with Crippen LogP contribution in [-0.2, 0) is 0 Å². The first-order valence-electron chi connectivity index (χ1n) is 13.1. The summed E-state index contributed by atoms with van der Waals surface area (Å²) in [6.45, 7) is 2.17. The smallest absolute Gasteiger partial charge is 0.0361 e. The van der Waals surface area contributed by atoms with Gasteiger partial charge in [-0.2, -0.15) is 0 Å². The standard InChI is InChI=1S/C37H24S/c1-23-8-6-9-26(20-23)27-14-7-15-36-37(27)34-22-25(17-19-35(34)38-36)24-16-18-32-30-12-3-2-10-28(30)29-11-4-5-13-31(29)33(32)21-24/h2-22H,1H3. The maximum atomic E-state index is 2.40. The van der Waals surface area contributed by atoms with Gasteiger partial charge < -0.3 is 0 Å². The normalized spacial score (nSPS) is 11.8. The van der Waals surface area contributed by atoms with E-state index in [1.807, 2.05) is 11.3 Å². The summed E-state index contributed by atoms with van der Waals surface area (Å²) in [7, 11) is 0. The molecule has 0 bridgehead atoms. The zero-order valence-corrected chi connectivity index (χ0v) is 21.8.